The molecule has 0 radical (unpaired) electrons. The Morgan fingerprint density at radius 1 is 1.10 bits per heavy atom. The third-order valence-electron chi connectivity index (χ3n) is 2.50. The Labute approximate surface area is 122 Å². The topological polar surface area (TPSA) is 125 Å². The minimum absolute atomic E-state index is 0.0261. The molecule has 0 amide bonds. The van der Waals surface area contributed by atoms with Gasteiger partial charge in [-0.15, -0.1) is 0 Å². The Morgan fingerprint density at radius 3 is 1.95 bits per heavy atom. The van der Waals surface area contributed by atoms with Crippen molar-refractivity contribution in [3.8, 4) is 0 Å². The van der Waals surface area contributed by atoms with Crippen molar-refractivity contribution < 1.29 is 27.5 Å². The molecule has 9 heteroatoms. The predicted octanol–water partition coefficient (Wildman–Crippen LogP) is -0.503. The highest BCUT2D eigenvalue weighted by atomic mass is 32.2. The van der Waals surface area contributed by atoms with Gasteiger partial charge in [0.05, 0.1) is 30.2 Å². The zero-order chi connectivity index (χ0) is 16.0. The number of carbonyl (C=O) groups is 2. The number of carbonyl (C=O) groups excluding carboxylic acids is 2. The summed E-state index contributed by atoms with van der Waals surface area (Å²) in [5.41, 5.74) is 5.09. The summed E-state index contributed by atoms with van der Waals surface area (Å²) in [4.78, 5) is 22.9. The number of sulfonamides is 1. The average molecular weight is 316 g/mol. The molecule has 0 bridgehead atoms. The number of rotatable bonds is 6. The first kappa shape index (κ1) is 17.1. The van der Waals surface area contributed by atoms with Gasteiger partial charge in [0, 0.05) is 13.1 Å². The van der Waals surface area contributed by atoms with E-state index in [4.69, 9.17) is 5.73 Å². The molecule has 21 heavy (non-hydrogen) atoms. The monoisotopic (exact) mass is 316 g/mol. The van der Waals surface area contributed by atoms with Gasteiger partial charge in [-0.25, -0.2) is 22.7 Å². The molecule has 0 aliphatic rings. The van der Waals surface area contributed by atoms with Crippen molar-refractivity contribution in [1.29, 1.82) is 0 Å². The summed E-state index contributed by atoms with van der Waals surface area (Å²) < 4.78 is 35.4. The van der Waals surface area contributed by atoms with Crippen molar-refractivity contribution in [2.75, 3.05) is 27.3 Å². The van der Waals surface area contributed by atoms with Gasteiger partial charge in [-0.3, -0.25) is 0 Å². The Kier molecular flexibility index (Phi) is 5.82. The second-order valence-corrected chi connectivity index (χ2v) is 5.68. The first-order chi connectivity index (χ1) is 9.85. The molecule has 0 aliphatic heterocycles. The first-order valence-electron chi connectivity index (χ1n) is 5.87. The molecule has 0 spiro atoms. The van der Waals surface area contributed by atoms with Gasteiger partial charge in [-0.05, 0) is 18.2 Å². The number of hydrogen-bond donors (Lipinski definition) is 2. The molecule has 0 heterocycles. The Bertz CT molecular complexity index is 607. The second-order valence-electron chi connectivity index (χ2n) is 3.92. The lowest BCUT2D eigenvalue weighted by atomic mass is 10.1. The quantitative estimate of drug-likeness (QED) is 0.677. The molecule has 0 atom stereocenters. The minimum atomic E-state index is -3.90. The molecule has 0 aliphatic carbocycles. The van der Waals surface area contributed by atoms with Crippen LogP contribution in [0.25, 0.3) is 0 Å². The standard InChI is InChI=1S/C12H16N2O6S/c1-19-11(15)8-5-9(12(16)20-2)7-10(6-8)21(17,18)14-4-3-13/h5-7,14H,3-4,13H2,1-2H3. The fourth-order valence-electron chi connectivity index (χ4n) is 1.50. The fraction of sp³-hybridized carbons (Fsp3) is 0.333. The first-order valence-corrected chi connectivity index (χ1v) is 7.35. The Hall–Kier alpha value is -1.97. The van der Waals surface area contributed by atoms with Crippen LogP contribution in [0.3, 0.4) is 0 Å². The number of hydrogen-bond acceptors (Lipinski definition) is 7. The molecule has 8 nitrogen and oxygen atoms in total. The fourth-order valence-corrected chi connectivity index (χ4v) is 2.62. The van der Waals surface area contributed by atoms with Crippen LogP contribution in [-0.4, -0.2) is 47.7 Å². The SMILES string of the molecule is COC(=O)c1cc(C(=O)OC)cc(S(=O)(=O)NCCN)c1. The molecule has 0 saturated carbocycles. The lowest BCUT2D eigenvalue weighted by molar-refractivity contribution is 0.0598. The van der Waals surface area contributed by atoms with Crippen molar-refractivity contribution >= 4 is 22.0 Å². The van der Waals surface area contributed by atoms with Crippen LogP contribution in [0.15, 0.2) is 23.1 Å². The predicted molar refractivity (Wildman–Crippen MR) is 73.4 cm³/mol. The highest BCUT2D eigenvalue weighted by Gasteiger charge is 2.20. The highest BCUT2D eigenvalue weighted by molar-refractivity contribution is 7.89. The lowest BCUT2D eigenvalue weighted by Gasteiger charge is -2.09. The molecule has 116 valence electrons. The number of methoxy groups -OCH3 is 2. The summed E-state index contributed by atoms with van der Waals surface area (Å²) in [6, 6.07) is 3.41. The molecular weight excluding hydrogens is 300 g/mol. The molecule has 0 aromatic heterocycles. The van der Waals surface area contributed by atoms with Crippen molar-refractivity contribution in [2.45, 2.75) is 4.90 Å². The van der Waals surface area contributed by atoms with E-state index in [0.29, 0.717) is 0 Å². The average Bonchev–Trinajstić information content (AvgIpc) is 2.50. The van der Waals surface area contributed by atoms with Gasteiger partial charge in [-0.1, -0.05) is 0 Å². The van der Waals surface area contributed by atoms with Crippen LogP contribution in [0, 0.1) is 0 Å². The number of nitrogens with one attached hydrogen (secondary N) is 1. The van der Waals surface area contributed by atoms with Crippen LogP contribution >= 0.6 is 0 Å². The highest BCUT2D eigenvalue weighted by Crippen LogP contribution is 2.17. The van der Waals surface area contributed by atoms with E-state index in [-0.39, 0.29) is 29.1 Å². The minimum Gasteiger partial charge on any atom is -0.465 e. The summed E-state index contributed by atoms with van der Waals surface area (Å²) in [6.45, 7) is 0.137. The van der Waals surface area contributed by atoms with Gasteiger partial charge in [0.25, 0.3) is 0 Å². The molecule has 1 rings (SSSR count). The van der Waals surface area contributed by atoms with E-state index < -0.39 is 22.0 Å². The van der Waals surface area contributed by atoms with E-state index in [2.05, 4.69) is 14.2 Å². The van der Waals surface area contributed by atoms with Crippen molar-refractivity contribution in [3.63, 3.8) is 0 Å². The van der Waals surface area contributed by atoms with Crippen LogP contribution in [0.4, 0.5) is 0 Å². The Balaban J connectivity index is 3.37. The normalized spacial score (nSPS) is 11.0. The third kappa shape index (κ3) is 4.25. The molecule has 1 aromatic carbocycles. The van der Waals surface area contributed by atoms with E-state index in [0.717, 1.165) is 26.4 Å². The molecular formula is C12H16N2O6S. The summed E-state index contributed by atoms with van der Waals surface area (Å²) in [7, 11) is -1.60. The van der Waals surface area contributed by atoms with Gasteiger partial charge in [-0.2, -0.15) is 0 Å². The molecule has 1 aromatic rings. The van der Waals surface area contributed by atoms with E-state index in [1.165, 1.54) is 6.07 Å². The summed E-state index contributed by atoms with van der Waals surface area (Å²) in [5, 5.41) is 0. The molecule has 0 saturated heterocycles. The summed E-state index contributed by atoms with van der Waals surface area (Å²) >= 11 is 0. The maximum atomic E-state index is 12.0. The number of ether oxygens (including phenoxy) is 2. The van der Waals surface area contributed by atoms with Crippen LogP contribution < -0.4 is 10.5 Å². The maximum Gasteiger partial charge on any atom is 0.337 e. The maximum absolute atomic E-state index is 12.0. The number of benzene rings is 1. The van der Waals surface area contributed by atoms with Crippen molar-refractivity contribution in [3.05, 3.63) is 29.3 Å². The van der Waals surface area contributed by atoms with Crippen LogP contribution in [0.5, 0.6) is 0 Å². The van der Waals surface area contributed by atoms with Gasteiger partial charge >= 0.3 is 11.9 Å². The van der Waals surface area contributed by atoms with Crippen LogP contribution in [0.2, 0.25) is 0 Å². The van der Waals surface area contributed by atoms with Crippen LogP contribution in [0.1, 0.15) is 20.7 Å². The van der Waals surface area contributed by atoms with Gasteiger partial charge in [0.15, 0.2) is 0 Å². The molecule has 0 fully saturated rings. The molecule has 3 N–H and O–H groups in total. The smallest absolute Gasteiger partial charge is 0.337 e. The number of nitrogens with two attached hydrogens (primary N) is 1. The van der Waals surface area contributed by atoms with Crippen molar-refractivity contribution in [1.82, 2.24) is 4.72 Å². The molecule has 0 unspecified atom stereocenters. The lowest BCUT2D eigenvalue weighted by Crippen LogP contribution is -2.29. The largest absolute Gasteiger partial charge is 0.465 e. The second kappa shape index (κ2) is 7.16. The van der Waals surface area contributed by atoms with Crippen LogP contribution in [-0.2, 0) is 19.5 Å². The van der Waals surface area contributed by atoms with E-state index >= 15 is 0 Å². The van der Waals surface area contributed by atoms with Gasteiger partial charge < -0.3 is 15.2 Å². The van der Waals surface area contributed by atoms with E-state index in [1.807, 2.05) is 0 Å². The van der Waals surface area contributed by atoms with Crippen molar-refractivity contribution in [2.24, 2.45) is 5.73 Å². The number of esters is 2. The van der Waals surface area contributed by atoms with Gasteiger partial charge in [0.2, 0.25) is 10.0 Å². The summed E-state index contributed by atoms with van der Waals surface area (Å²) in [5.74, 6) is -1.54. The van der Waals surface area contributed by atoms with E-state index in [9.17, 15) is 18.0 Å². The van der Waals surface area contributed by atoms with Gasteiger partial charge in [0.1, 0.15) is 0 Å². The summed E-state index contributed by atoms with van der Waals surface area (Å²) in [6.07, 6.45) is 0. The van der Waals surface area contributed by atoms with E-state index in [1.54, 1.807) is 0 Å². The zero-order valence-corrected chi connectivity index (χ0v) is 12.4. The third-order valence-corrected chi connectivity index (χ3v) is 3.94. The zero-order valence-electron chi connectivity index (χ0n) is 11.6. The Morgan fingerprint density at radius 2 is 1.57 bits per heavy atom.